The average Bonchev–Trinajstić information content (AvgIpc) is 3.01. The first-order valence-electron chi connectivity index (χ1n) is 7.40. The van der Waals surface area contributed by atoms with E-state index in [-0.39, 0.29) is 23.5 Å². The monoisotopic (exact) mass is 343 g/mol. The Bertz CT molecular complexity index is 710. The number of likely N-dealkylation sites (N-methyl/N-ethyl adjacent to an activating group) is 1. The topological polar surface area (TPSA) is 98.6 Å². The van der Waals surface area contributed by atoms with E-state index in [0.717, 1.165) is 0 Å². The predicted octanol–water partition coefficient (Wildman–Crippen LogP) is -0.0791. The second kappa shape index (κ2) is 6.69. The summed E-state index contributed by atoms with van der Waals surface area (Å²) in [6.45, 7) is 3.48. The number of carbonyl (C=O) groups excluding carboxylic acids is 2. The van der Waals surface area contributed by atoms with Gasteiger partial charge in [0.05, 0.1) is 17.7 Å². The van der Waals surface area contributed by atoms with Crippen molar-refractivity contribution in [2.75, 3.05) is 24.7 Å². The molecule has 2 rings (SSSR count). The van der Waals surface area contributed by atoms with Crippen LogP contribution in [-0.2, 0) is 26.4 Å². The predicted molar refractivity (Wildman–Crippen MR) is 82.7 cm³/mol. The van der Waals surface area contributed by atoms with Gasteiger partial charge in [-0.25, -0.2) is 13.2 Å². The maximum atomic E-state index is 12.2. The van der Waals surface area contributed by atoms with Crippen molar-refractivity contribution in [2.45, 2.75) is 26.3 Å². The minimum absolute atomic E-state index is 0.0256. The first kappa shape index (κ1) is 17.5. The second-order valence-corrected chi connectivity index (χ2v) is 7.81. The molecule has 1 fully saturated rings. The Labute approximate surface area is 135 Å². The molecule has 0 radical (unpaired) electrons. The summed E-state index contributed by atoms with van der Waals surface area (Å²) in [5, 5.41) is 3.95. The summed E-state index contributed by atoms with van der Waals surface area (Å²) >= 11 is 0. The van der Waals surface area contributed by atoms with E-state index in [1.807, 2.05) is 0 Å². The fraction of sp³-hybridized carbons (Fsp3) is 0.643. The highest BCUT2D eigenvalue weighted by Crippen LogP contribution is 2.18. The molecule has 0 saturated carbocycles. The van der Waals surface area contributed by atoms with Gasteiger partial charge in [0.2, 0.25) is 0 Å². The van der Waals surface area contributed by atoms with Crippen molar-refractivity contribution >= 4 is 21.7 Å². The van der Waals surface area contributed by atoms with Crippen LogP contribution in [0.2, 0.25) is 0 Å². The quantitative estimate of drug-likeness (QED) is 0.694. The lowest BCUT2D eigenvalue weighted by molar-refractivity contribution is -0.136. The Balaban J connectivity index is 1.95. The summed E-state index contributed by atoms with van der Waals surface area (Å²) in [6.07, 6.45) is 1.82. The molecule has 1 aliphatic heterocycles. The van der Waals surface area contributed by atoms with Gasteiger partial charge in [-0.2, -0.15) is 5.10 Å². The van der Waals surface area contributed by atoms with Gasteiger partial charge in [-0.3, -0.25) is 9.48 Å². The zero-order valence-corrected chi connectivity index (χ0v) is 14.3. The number of rotatable bonds is 5. The minimum Gasteiger partial charge on any atom is -0.452 e. The van der Waals surface area contributed by atoms with E-state index in [0.29, 0.717) is 24.2 Å². The number of aryl methyl sites for hydroxylation is 1. The first-order valence-corrected chi connectivity index (χ1v) is 9.23. The number of amides is 1. The van der Waals surface area contributed by atoms with Crippen LogP contribution >= 0.6 is 0 Å². The summed E-state index contributed by atoms with van der Waals surface area (Å²) in [4.78, 5) is 25.7. The highest BCUT2D eigenvalue weighted by molar-refractivity contribution is 7.91. The molecule has 1 atom stereocenters. The molecule has 8 nitrogen and oxygen atoms in total. The van der Waals surface area contributed by atoms with Gasteiger partial charge >= 0.3 is 5.97 Å². The van der Waals surface area contributed by atoms with Gasteiger partial charge in [-0.1, -0.05) is 0 Å². The number of aromatic nitrogens is 2. The lowest BCUT2D eigenvalue weighted by Gasteiger charge is -2.26. The third-order valence-electron chi connectivity index (χ3n) is 4.09. The van der Waals surface area contributed by atoms with Crippen LogP contribution < -0.4 is 0 Å². The molecular weight excluding hydrogens is 322 g/mol. The molecule has 9 heteroatoms. The molecule has 1 aromatic heterocycles. The molecule has 1 amide bonds. The zero-order chi connectivity index (χ0) is 17.2. The molecular formula is C14H21N3O5S. The third-order valence-corrected chi connectivity index (χ3v) is 5.84. The smallest absolute Gasteiger partial charge is 0.342 e. The molecule has 1 aliphatic rings. The van der Waals surface area contributed by atoms with Crippen molar-refractivity contribution in [1.82, 2.24) is 14.7 Å². The van der Waals surface area contributed by atoms with Crippen molar-refractivity contribution in [1.29, 1.82) is 0 Å². The zero-order valence-electron chi connectivity index (χ0n) is 13.5. The fourth-order valence-corrected chi connectivity index (χ4v) is 4.38. The maximum absolute atomic E-state index is 12.2. The number of hydrogen-bond acceptors (Lipinski definition) is 6. The molecule has 128 valence electrons. The van der Waals surface area contributed by atoms with E-state index in [1.54, 1.807) is 25.6 Å². The summed E-state index contributed by atoms with van der Waals surface area (Å²) in [6, 6.07) is -0.337. The lowest BCUT2D eigenvalue weighted by Crippen LogP contribution is -2.43. The Morgan fingerprint density at radius 1 is 1.48 bits per heavy atom. The average molecular weight is 343 g/mol. The van der Waals surface area contributed by atoms with Crippen LogP contribution in [0.5, 0.6) is 0 Å². The normalized spacial score (nSPS) is 19.5. The SMILES string of the molecule is CCN(C(=O)COC(=O)c1cnn(C)c1C)C1CCS(=O)(=O)C1. The number of hydrogen-bond donors (Lipinski definition) is 0. The van der Waals surface area contributed by atoms with Crippen LogP contribution in [0.25, 0.3) is 0 Å². The van der Waals surface area contributed by atoms with Crippen molar-refractivity contribution in [3.63, 3.8) is 0 Å². The van der Waals surface area contributed by atoms with Gasteiger partial charge in [0.1, 0.15) is 5.56 Å². The summed E-state index contributed by atoms with van der Waals surface area (Å²) in [5.74, 6) is -0.929. The van der Waals surface area contributed by atoms with Crippen molar-refractivity contribution in [3.8, 4) is 0 Å². The van der Waals surface area contributed by atoms with E-state index < -0.39 is 22.4 Å². The Kier molecular flexibility index (Phi) is 5.08. The van der Waals surface area contributed by atoms with E-state index in [1.165, 1.54) is 11.1 Å². The molecule has 0 aliphatic carbocycles. The Hall–Kier alpha value is -1.90. The second-order valence-electron chi connectivity index (χ2n) is 5.58. The number of sulfone groups is 1. The fourth-order valence-electron chi connectivity index (χ4n) is 2.65. The molecule has 0 bridgehead atoms. The van der Waals surface area contributed by atoms with E-state index in [2.05, 4.69) is 5.10 Å². The number of ether oxygens (including phenoxy) is 1. The number of carbonyl (C=O) groups is 2. The molecule has 0 spiro atoms. The van der Waals surface area contributed by atoms with Gasteiger partial charge in [0.15, 0.2) is 16.4 Å². The molecule has 0 aromatic carbocycles. The molecule has 1 unspecified atom stereocenters. The van der Waals surface area contributed by atoms with Gasteiger partial charge in [-0.15, -0.1) is 0 Å². The lowest BCUT2D eigenvalue weighted by atomic mass is 10.2. The molecule has 1 aromatic rings. The summed E-state index contributed by atoms with van der Waals surface area (Å²) in [5.41, 5.74) is 0.962. The Morgan fingerprint density at radius 3 is 2.65 bits per heavy atom. The highest BCUT2D eigenvalue weighted by atomic mass is 32.2. The van der Waals surface area contributed by atoms with Crippen molar-refractivity contribution in [2.24, 2.45) is 7.05 Å². The largest absolute Gasteiger partial charge is 0.452 e. The highest BCUT2D eigenvalue weighted by Gasteiger charge is 2.34. The first-order chi connectivity index (χ1) is 10.7. The van der Waals surface area contributed by atoms with Gasteiger partial charge in [-0.05, 0) is 20.3 Å². The van der Waals surface area contributed by atoms with Crippen LogP contribution in [0.3, 0.4) is 0 Å². The Morgan fingerprint density at radius 2 is 2.17 bits per heavy atom. The molecule has 1 saturated heterocycles. The minimum atomic E-state index is -3.07. The van der Waals surface area contributed by atoms with Crippen molar-refractivity contribution < 1.29 is 22.7 Å². The van der Waals surface area contributed by atoms with Crippen LogP contribution in [0.4, 0.5) is 0 Å². The molecule has 2 heterocycles. The van der Waals surface area contributed by atoms with Gasteiger partial charge in [0, 0.05) is 25.3 Å². The summed E-state index contributed by atoms with van der Waals surface area (Å²) in [7, 11) is -1.37. The molecule has 0 N–H and O–H groups in total. The van der Waals surface area contributed by atoms with Crippen LogP contribution in [0.15, 0.2) is 6.20 Å². The summed E-state index contributed by atoms with van der Waals surface area (Å²) < 4.78 is 29.7. The van der Waals surface area contributed by atoms with Gasteiger partial charge in [0.25, 0.3) is 5.91 Å². The van der Waals surface area contributed by atoms with E-state index >= 15 is 0 Å². The van der Waals surface area contributed by atoms with E-state index in [4.69, 9.17) is 4.74 Å². The maximum Gasteiger partial charge on any atom is 0.342 e. The number of esters is 1. The van der Waals surface area contributed by atoms with Crippen LogP contribution in [-0.4, -0.2) is 65.7 Å². The van der Waals surface area contributed by atoms with Crippen LogP contribution in [0, 0.1) is 6.92 Å². The van der Waals surface area contributed by atoms with Crippen molar-refractivity contribution in [3.05, 3.63) is 17.5 Å². The number of nitrogens with zero attached hydrogens (tertiary/aromatic N) is 3. The van der Waals surface area contributed by atoms with E-state index in [9.17, 15) is 18.0 Å². The molecule has 23 heavy (non-hydrogen) atoms. The third kappa shape index (κ3) is 3.90. The van der Waals surface area contributed by atoms with Crippen LogP contribution in [0.1, 0.15) is 29.4 Å². The van der Waals surface area contributed by atoms with Gasteiger partial charge < -0.3 is 9.64 Å². The standard InChI is InChI=1S/C14H21N3O5S/c1-4-17(11-5-6-23(20,21)9-11)13(18)8-22-14(19)12-7-15-16(3)10(12)2/h7,11H,4-6,8-9H2,1-3H3.